The van der Waals surface area contributed by atoms with E-state index in [1.165, 1.54) is 4.90 Å². The van der Waals surface area contributed by atoms with Crippen molar-refractivity contribution in [3.63, 3.8) is 0 Å². The summed E-state index contributed by atoms with van der Waals surface area (Å²) in [5, 5.41) is 2.87. The van der Waals surface area contributed by atoms with Crippen molar-refractivity contribution in [2.45, 2.75) is 26.4 Å². The fourth-order valence-electron chi connectivity index (χ4n) is 3.23. The molecule has 8 nitrogen and oxygen atoms in total. The summed E-state index contributed by atoms with van der Waals surface area (Å²) in [5.74, 6) is 0.520. The van der Waals surface area contributed by atoms with Gasteiger partial charge in [0, 0.05) is 45.8 Å². The molecule has 26 heavy (non-hydrogen) atoms. The van der Waals surface area contributed by atoms with Gasteiger partial charge in [-0.1, -0.05) is 0 Å². The number of hydrogen-bond donors (Lipinski definition) is 1. The Balaban J connectivity index is 1.69. The van der Waals surface area contributed by atoms with Crippen LogP contribution in [0.3, 0.4) is 0 Å². The number of likely N-dealkylation sites (N-methyl/N-ethyl adjacent to an activating group) is 1. The number of benzene rings is 1. The second-order valence-corrected chi connectivity index (χ2v) is 6.62. The molecule has 3 rings (SSSR count). The van der Waals surface area contributed by atoms with Crippen LogP contribution in [0.2, 0.25) is 0 Å². The first kappa shape index (κ1) is 18.0. The minimum atomic E-state index is -0.519. The summed E-state index contributed by atoms with van der Waals surface area (Å²) in [6.07, 6.45) is 0.231. The van der Waals surface area contributed by atoms with Crippen molar-refractivity contribution in [1.82, 2.24) is 9.80 Å². The van der Waals surface area contributed by atoms with Crippen molar-refractivity contribution in [2.24, 2.45) is 0 Å². The second kappa shape index (κ2) is 7.23. The van der Waals surface area contributed by atoms with Gasteiger partial charge >= 0.3 is 6.03 Å². The van der Waals surface area contributed by atoms with E-state index in [9.17, 15) is 14.4 Å². The third-order valence-corrected chi connectivity index (χ3v) is 4.78. The van der Waals surface area contributed by atoms with Crippen molar-refractivity contribution in [2.75, 3.05) is 43.4 Å². The monoisotopic (exact) mass is 360 g/mol. The Morgan fingerprint density at radius 1 is 1.15 bits per heavy atom. The number of fused-ring (bicyclic) bond motifs is 1. The minimum absolute atomic E-state index is 0.0314. The third kappa shape index (κ3) is 3.58. The van der Waals surface area contributed by atoms with E-state index in [1.807, 2.05) is 0 Å². The molecule has 140 valence electrons. The number of carbonyl (C=O) groups is 3. The molecule has 0 spiro atoms. The molecule has 1 N–H and O–H groups in total. The molecule has 1 saturated heterocycles. The fourth-order valence-corrected chi connectivity index (χ4v) is 3.23. The molecule has 1 aromatic rings. The maximum absolute atomic E-state index is 12.6. The normalized spacial score (nSPS) is 20.2. The molecule has 0 saturated carbocycles. The van der Waals surface area contributed by atoms with Crippen LogP contribution in [0.15, 0.2) is 18.2 Å². The first-order chi connectivity index (χ1) is 12.4. The standard InChI is InChI=1S/C18H24N4O4/c1-12-17(24)20(3)15-11-14(5-6-16(15)26-12)19-18(25)22-8-4-7-21(9-10-22)13(2)23/h5-6,11-12H,4,7-10H2,1-3H3,(H,19,25)/t12-/m1/s1. The summed E-state index contributed by atoms with van der Waals surface area (Å²) in [6.45, 7) is 5.55. The number of hydrogen-bond acceptors (Lipinski definition) is 4. The van der Waals surface area contributed by atoms with Gasteiger partial charge in [-0.2, -0.15) is 0 Å². The number of nitrogens with one attached hydrogen (secondary N) is 1. The van der Waals surface area contributed by atoms with Gasteiger partial charge in [-0.3, -0.25) is 9.59 Å². The van der Waals surface area contributed by atoms with Gasteiger partial charge in [0.05, 0.1) is 5.69 Å². The lowest BCUT2D eigenvalue weighted by Gasteiger charge is -2.30. The van der Waals surface area contributed by atoms with Gasteiger partial charge in [-0.25, -0.2) is 4.79 Å². The molecule has 2 heterocycles. The van der Waals surface area contributed by atoms with Crippen molar-refractivity contribution in [3.8, 4) is 5.75 Å². The maximum Gasteiger partial charge on any atom is 0.321 e. The van der Waals surface area contributed by atoms with Crippen LogP contribution in [0, 0.1) is 0 Å². The van der Waals surface area contributed by atoms with Crippen LogP contribution in [0.1, 0.15) is 20.3 Å². The summed E-state index contributed by atoms with van der Waals surface area (Å²) in [6, 6.07) is 5.03. The summed E-state index contributed by atoms with van der Waals surface area (Å²) >= 11 is 0. The number of amides is 4. The topological polar surface area (TPSA) is 82.2 Å². The van der Waals surface area contributed by atoms with E-state index in [1.54, 1.807) is 48.9 Å². The highest BCUT2D eigenvalue weighted by Gasteiger charge is 2.29. The summed E-state index contributed by atoms with van der Waals surface area (Å²) in [5.41, 5.74) is 1.23. The number of carbonyl (C=O) groups excluding carboxylic acids is 3. The zero-order valence-electron chi connectivity index (χ0n) is 15.3. The number of rotatable bonds is 1. The predicted octanol–water partition coefficient (Wildman–Crippen LogP) is 1.52. The van der Waals surface area contributed by atoms with Crippen LogP contribution in [0.4, 0.5) is 16.2 Å². The summed E-state index contributed by atoms with van der Waals surface area (Å²) < 4.78 is 5.59. The van der Waals surface area contributed by atoms with Crippen molar-refractivity contribution in [1.29, 1.82) is 0 Å². The SMILES string of the molecule is CC(=O)N1CCCN(C(=O)Nc2ccc3c(c2)N(C)C(=O)[C@@H](C)O3)CC1. The lowest BCUT2D eigenvalue weighted by Crippen LogP contribution is -2.42. The molecule has 0 aromatic heterocycles. The molecular weight excluding hydrogens is 336 g/mol. The number of anilines is 2. The average molecular weight is 360 g/mol. The van der Waals surface area contributed by atoms with Gasteiger partial charge in [0.1, 0.15) is 5.75 Å². The van der Waals surface area contributed by atoms with Gasteiger partial charge in [0.25, 0.3) is 5.91 Å². The third-order valence-electron chi connectivity index (χ3n) is 4.78. The van der Waals surface area contributed by atoms with E-state index in [0.717, 1.165) is 6.42 Å². The highest BCUT2D eigenvalue weighted by molar-refractivity contribution is 6.00. The van der Waals surface area contributed by atoms with E-state index in [0.29, 0.717) is 43.3 Å². The summed E-state index contributed by atoms with van der Waals surface area (Å²) in [4.78, 5) is 41.1. The number of urea groups is 1. The molecule has 8 heteroatoms. The Bertz CT molecular complexity index is 736. The predicted molar refractivity (Wildman–Crippen MR) is 97.4 cm³/mol. The van der Waals surface area contributed by atoms with Gasteiger partial charge < -0.3 is 24.8 Å². The van der Waals surface area contributed by atoms with Crippen LogP contribution < -0.4 is 15.0 Å². The van der Waals surface area contributed by atoms with Crippen LogP contribution in [0.5, 0.6) is 5.75 Å². The van der Waals surface area contributed by atoms with Gasteiger partial charge in [-0.05, 0) is 31.5 Å². The molecule has 2 aliphatic rings. The Morgan fingerprint density at radius 3 is 2.58 bits per heavy atom. The number of ether oxygens (including phenoxy) is 1. The Labute approximate surface area is 152 Å². The molecule has 1 aromatic carbocycles. The van der Waals surface area contributed by atoms with Gasteiger partial charge in [-0.15, -0.1) is 0 Å². The molecule has 2 aliphatic heterocycles. The lowest BCUT2D eigenvalue weighted by molar-refractivity contribution is -0.128. The zero-order chi connectivity index (χ0) is 18.8. The number of nitrogens with zero attached hydrogens (tertiary/aromatic N) is 3. The van der Waals surface area contributed by atoms with E-state index in [-0.39, 0.29) is 17.8 Å². The van der Waals surface area contributed by atoms with Crippen LogP contribution >= 0.6 is 0 Å². The Hall–Kier alpha value is -2.77. The second-order valence-electron chi connectivity index (χ2n) is 6.62. The summed E-state index contributed by atoms with van der Waals surface area (Å²) in [7, 11) is 1.69. The average Bonchev–Trinajstić information content (AvgIpc) is 2.87. The first-order valence-corrected chi connectivity index (χ1v) is 8.76. The van der Waals surface area contributed by atoms with E-state index < -0.39 is 6.10 Å². The Kier molecular flexibility index (Phi) is 5.01. The van der Waals surface area contributed by atoms with E-state index >= 15 is 0 Å². The van der Waals surface area contributed by atoms with Crippen molar-refractivity contribution < 1.29 is 19.1 Å². The highest BCUT2D eigenvalue weighted by Crippen LogP contribution is 2.35. The van der Waals surface area contributed by atoms with Crippen LogP contribution in [0.25, 0.3) is 0 Å². The maximum atomic E-state index is 12.6. The minimum Gasteiger partial charge on any atom is -0.479 e. The molecular formula is C18H24N4O4. The van der Waals surface area contributed by atoms with E-state index in [2.05, 4.69) is 5.32 Å². The quantitative estimate of drug-likeness (QED) is 0.823. The van der Waals surface area contributed by atoms with E-state index in [4.69, 9.17) is 4.74 Å². The highest BCUT2D eigenvalue weighted by atomic mass is 16.5. The van der Waals surface area contributed by atoms with Crippen molar-refractivity contribution >= 4 is 29.2 Å². The molecule has 4 amide bonds. The smallest absolute Gasteiger partial charge is 0.321 e. The van der Waals surface area contributed by atoms with Crippen molar-refractivity contribution in [3.05, 3.63) is 18.2 Å². The largest absolute Gasteiger partial charge is 0.479 e. The Morgan fingerprint density at radius 2 is 1.85 bits per heavy atom. The molecule has 0 radical (unpaired) electrons. The van der Waals surface area contributed by atoms with Gasteiger partial charge in [0.15, 0.2) is 6.10 Å². The van der Waals surface area contributed by atoms with Gasteiger partial charge in [0.2, 0.25) is 5.91 Å². The molecule has 0 unspecified atom stereocenters. The molecule has 1 atom stereocenters. The van der Waals surface area contributed by atoms with Crippen LogP contribution in [-0.4, -0.2) is 67.0 Å². The lowest BCUT2D eigenvalue weighted by atomic mass is 10.2. The fraction of sp³-hybridized carbons (Fsp3) is 0.500. The molecule has 0 aliphatic carbocycles. The molecule has 1 fully saturated rings. The zero-order valence-corrected chi connectivity index (χ0v) is 15.3. The molecule has 0 bridgehead atoms. The van der Waals surface area contributed by atoms with Crippen LogP contribution in [-0.2, 0) is 9.59 Å². The first-order valence-electron chi connectivity index (χ1n) is 8.76.